The van der Waals surface area contributed by atoms with Crippen molar-refractivity contribution in [3.63, 3.8) is 0 Å². The zero-order valence-corrected chi connectivity index (χ0v) is 68.4. The van der Waals surface area contributed by atoms with E-state index in [1.54, 1.807) is 0 Å². The summed E-state index contributed by atoms with van der Waals surface area (Å²) in [6.45, 7) is 11.9. The summed E-state index contributed by atoms with van der Waals surface area (Å²) in [7, 11) is -9.94. The van der Waals surface area contributed by atoms with Crippen molar-refractivity contribution in [2.75, 3.05) is 39.6 Å². The molecule has 0 fully saturated rings. The van der Waals surface area contributed by atoms with E-state index in [-0.39, 0.29) is 25.7 Å². The van der Waals surface area contributed by atoms with Crippen LogP contribution in [-0.2, 0) is 65.4 Å². The van der Waals surface area contributed by atoms with Gasteiger partial charge in [0.1, 0.15) is 19.3 Å². The molecule has 0 aromatic carbocycles. The molecule has 0 rings (SSSR count). The first-order valence-corrected chi connectivity index (χ1v) is 45.2. The quantitative estimate of drug-likeness (QED) is 0.0169. The summed E-state index contributed by atoms with van der Waals surface area (Å²) in [5, 5.41) is 10.6. The molecule has 0 saturated carbocycles. The number of carbonyl (C=O) groups excluding carboxylic acids is 4. The second-order valence-electron chi connectivity index (χ2n) is 30.1. The molecule has 0 aliphatic heterocycles. The Balaban J connectivity index is 5.23. The van der Waals surface area contributed by atoms with Gasteiger partial charge in [-0.3, -0.25) is 37.3 Å². The first kappa shape index (κ1) is 99.5. The minimum atomic E-state index is -4.97. The first-order valence-electron chi connectivity index (χ1n) is 42.2. The van der Waals surface area contributed by atoms with Crippen LogP contribution in [0.1, 0.15) is 408 Å². The van der Waals surface area contributed by atoms with E-state index in [4.69, 9.17) is 37.0 Å². The van der Waals surface area contributed by atoms with Gasteiger partial charge in [-0.25, -0.2) is 9.13 Å². The number of phosphoric ester groups is 2. The Bertz CT molecular complexity index is 2070. The Kier molecular flexibility index (Phi) is 71.0. The molecule has 3 N–H and O–H groups in total. The highest BCUT2D eigenvalue weighted by Gasteiger charge is 2.30. The molecule has 0 aromatic rings. The van der Waals surface area contributed by atoms with Gasteiger partial charge in [-0.1, -0.05) is 355 Å². The molecule has 0 spiro atoms. The normalized spacial score (nSPS) is 14.6. The molecule has 0 aromatic heterocycles. The van der Waals surface area contributed by atoms with Crippen LogP contribution in [0.3, 0.4) is 0 Å². The highest BCUT2D eigenvalue weighted by atomic mass is 31.2. The Morgan fingerprint density at radius 3 is 0.873 bits per heavy atom. The lowest BCUT2D eigenvalue weighted by atomic mass is 9.99. The van der Waals surface area contributed by atoms with Gasteiger partial charge in [-0.2, -0.15) is 0 Å². The van der Waals surface area contributed by atoms with E-state index < -0.39 is 97.5 Å². The van der Waals surface area contributed by atoms with Gasteiger partial charge in [0.25, 0.3) is 0 Å². The number of rotatable bonds is 79. The van der Waals surface area contributed by atoms with Crippen LogP contribution in [0.2, 0.25) is 0 Å². The number of carbonyl (C=O) groups is 4. The van der Waals surface area contributed by atoms with Crippen molar-refractivity contribution >= 4 is 39.5 Å². The van der Waals surface area contributed by atoms with Crippen LogP contribution in [0.25, 0.3) is 0 Å². The molecule has 0 radical (unpaired) electrons. The first-order chi connectivity index (χ1) is 49.3. The van der Waals surface area contributed by atoms with Gasteiger partial charge < -0.3 is 33.8 Å². The van der Waals surface area contributed by atoms with Crippen LogP contribution in [0, 0.1) is 17.8 Å². The lowest BCUT2D eigenvalue weighted by Crippen LogP contribution is -2.30. The molecule has 102 heavy (non-hydrogen) atoms. The molecule has 0 aliphatic rings. The van der Waals surface area contributed by atoms with Crippen LogP contribution >= 0.6 is 15.6 Å². The van der Waals surface area contributed by atoms with E-state index >= 15 is 0 Å². The zero-order chi connectivity index (χ0) is 75.1. The zero-order valence-electron chi connectivity index (χ0n) is 66.6. The number of hydrogen-bond donors (Lipinski definition) is 3. The third kappa shape index (κ3) is 73.1. The van der Waals surface area contributed by atoms with E-state index in [2.05, 4.69) is 72.8 Å². The molecule has 0 saturated heterocycles. The lowest BCUT2D eigenvalue weighted by Gasteiger charge is -2.21. The van der Waals surface area contributed by atoms with Crippen molar-refractivity contribution in [1.82, 2.24) is 0 Å². The molecule has 0 heterocycles. The maximum absolute atomic E-state index is 13.1. The molecule has 0 bridgehead atoms. The predicted octanol–water partition coefficient (Wildman–Crippen LogP) is 24.5. The number of unbranched alkanes of at least 4 members (excludes halogenated alkanes) is 42. The maximum atomic E-state index is 13.1. The second-order valence-corrected chi connectivity index (χ2v) is 33.0. The largest absolute Gasteiger partial charge is 0.472 e. The second kappa shape index (κ2) is 72.7. The van der Waals surface area contributed by atoms with Crippen LogP contribution in [-0.4, -0.2) is 96.7 Å². The number of phosphoric acid groups is 2. The minimum Gasteiger partial charge on any atom is -0.462 e. The van der Waals surface area contributed by atoms with E-state index in [1.807, 2.05) is 0 Å². The lowest BCUT2D eigenvalue weighted by molar-refractivity contribution is -0.161. The summed E-state index contributed by atoms with van der Waals surface area (Å²) in [4.78, 5) is 73.0. The fourth-order valence-electron chi connectivity index (χ4n) is 12.2. The van der Waals surface area contributed by atoms with Crippen molar-refractivity contribution in [1.29, 1.82) is 0 Å². The molecule has 0 aliphatic carbocycles. The summed E-state index contributed by atoms with van der Waals surface area (Å²) in [5.74, 6) is 0.234. The van der Waals surface area contributed by atoms with Crippen LogP contribution in [0.4, 0.5) is 0 Å². The summed E-state index contributed by atoms with van der Waals surface area (Å²) in [5.41, 5.74) is 0. The van der Waals surface area contributed by atoms with Crippen molar-refractivity contribution in [3.8, 4) is 0 Å². The van der Waals surface area contributed by atoms with Gasteiger partial charge in [-0.15, -0.1) is 0 Å². The standard InChI is InChI=1S/C83H158O17P2/c1-8-11-12-13-14-15-16-17-22-27-33-38-43-52-59-66-83(88)100-79(71-94-81(86)65-58-51-46-45-49-56-63-76(7)10-3)73-98-102(91,92)96-69-77(84)68-95-101(89,90)97-72-78(99-82(87)67-60-53-44-39-34-29-28-30-35-40-47-54-61-74(4)5)70-93-80(85)64-57-50-42-37-32-26-24-21-19-18-20-23-25-31-36-41-48-55-62-75(6)9-2/h15-17,22,74-79,84H,8-14,18-21,23-73H2,1-7H3,(H,89,90)(H,91,92)/b16-15-,22-17-/t75?,76?,77-,78-,79-/m1/s1. The van der Waals surface area contributed by atoms with Crippen molar-refractivity contribution in [2.24, 2.45) is 17.8 Å². The summed E-state index contributed by atoms with van der Waals surface area (Å²) in [6.07, 6.45) is 64.7. The SMILES string of the molecule is CCCCCC/C=C\C=C/CCCCCCCC(=O)O[C@H](COC(=O)CCCCCCCCC(C)CC)COP(=O)(O)OC[C@H](O)COP(=O)(O)OC[C@@H](COC(=O)CCCCCCCCCCCCCCCCCCCCC(C)CC)OC(=O)CCCCCCCCCCCCCCC(C)C. The molecule has 602 valence electrons. The highest BCUT2D eigenvalue weighted by molar-refractivity contribution is 7.47. The average molecular weight is 1490 g/mol. The fraction of sp³-hybridized carbons (Fsp3) is 0.904. The molecular weight excluding hydrogens is 1330 g/mol. The van der Waals surface area contributed by atoms with Gasteiger partial charge in [0, 0.05) is 25.7 Å². The number of aliphatic hydroxyl groups excluding tert-OH is 1. The van der Waals surface area contributed by atoms with Crippen molar-refractivity contribution in [3.05, 3.63) is 24.3 Å². The van der Waals surface area contributed by atoms with E-state index in [0.717, 1.165) is 127 Å². The molecule has 17 nitrogen and oxygen atoms in total. The number of allylic oxidation sites excluding steroid dienone is 4. The molecular formula is C83H158O17P2. The summed E-state index contributed by atoms with van der Waals surface area (Å²) >= 11 is 0. The topological polar surface area (TPSA) is 237 Å². The molecule has 7 atom stereocenters. The summed E-state index contributed by atoms with van der Waals surface area (Å²) in [6, 6.07) is 0. The van der Waals surface area contributed by atoms with Crippen molar-refractivity contribution in [2.45, 2.75) is 426 Å². The Hall–Kier alpha value is -2.46. The van der Waals surface area contributed by atoms with Crippen LogP contribution < -0.4 is 0 Å². The number of hydrogen-bond acceptors (Lipinski definition) is 15. The molecule has 4 unspecified atom stereocenters. The molecule has 0 amide bonds. The molecule has 19 heteroatoms. The van der Waals surface area contributed by atoms with E-state index in [1.165, 1.54) is 199 Å². The Morgan fingerprint density at radius 1 is 0.324 bits per heavy atom. The van der Waals surface area contributed by atoms with Gasteiger partial charge in [0.15, 0.2) is 12.2 Å². The predicted molar refractivity (Wildman–Crippen MR) is 418 cm³/mol. The average Bonchev–Trinajstić information content (AvgIpc) is 0.916. The maximum Gasteiger partial charge on any atom is 0.472 e. The smallest absolute Gasteiger partial charge is 0.462 e. The van der Waals surface area contributed by atoms with Gasteiger partial charge in [-0.05, 0) is 69.1 Å². The minimum absolute atomic E-state index is 0.0840. The Labute approximate surface area is 624 Å². The number of ether oxygens (including phenoxy) is 4. The summed E-state index contributed by atoms with van der Waals surface area (Å²) < 4.78 is 68.7. The van der Waals surface area contributed by atoms with Gasteiger partial charge in [0.2, 0.25) is 0 Å². The van der Waals surface area contributed by atoms with Gasteiger partial charge >= 0.3 is 39.5 Å². The monoisotopic (exact) mass is 1490 g/mol. The van der Waals surface area contributed by atoms with E-state index in [9.17, 15) is 43.2 Å². The Morgan fingerprint density at radius 2 is 0.578 bits per heavy atom. The van der Waals surface area contributed by atoms with Gasteiger partial charge in [0.05, 0.1) is 26.4 Å². The number of esters is 4. The third-order valence-electron chi connectivity index (χ3n) is 19.5. The highest BCUT2D eigenvalue weighted by Crippen LogP contribution is 2.45. The fourth-order valence-corrected chi connectivity index (χ4v) is 13.8. The number of aliphatic hydroxyl groups is 1. The van der Waals surface area contributed by atoms with E-state index in [0.29, 0.717) is 25.7 Å². The third-order valence-corrected chi connectivity index (χ3v) is 21.4. The van der Waals surface area contributed by atoms with Crippen molar-refractivity contribution < 1.29 is 80.2 Å². The van der Waals surface area contributed by atoms with Crippen LogP contribution in [0.5, 0.6) is 0 Å². The van der Waals surface area contributed by atoms with Crippen LogP contribution in [0.15, 0.2) is 24.3 Å².